The number of esters is 1. The molecule has 0 aromatic heterocycles. The maximum atomic E-state index is 11.5. The fraction of sp³-hybridized carbons (Fsp3) is 0.846. The lowest BCUT2D eigenvalue weighted by molar-refractivity contribution is -0.157. The molecule has 5 heteroatoms. The van der Waals surface area contributed by atoms with Crippen molar-refractivity contribution in [2.45, 2.75) is 52.9 Å². The van der Waals surface area contributed by atoms with Crippen LogP contribution < -0.4 is 0 Å². The molecule has 0 amide bonds. The van der Waals surface area contributed by atoms with Gasteiger partial charge in [-0.2, -0.15) is 0 Å². The zero-order valence-electron chi connectivity index (χ0n) is 11.6. The smallest absolute Gasteiger partial charge is 0.435 e. The Kier molecular flexibility index (Phi) is 10.1. The Labute approximate surface area is 109 Å². The van der Waals surface area contributed by atoms with E-state index in [4.69, 9.17) is 4.74 Å². The molecule has 0 radical (unpaired) electrons. The highest BCUT2D eigenvalue weighted by atomic mass is 16.8. The van der Waals surface area contributed by atoms with Crippen LogP contribution in [0.5, 0.6) is 0 Å². The summed E-state index contributed by atoms with van der Waals surface area (Å²) in [6.45, 7) is 5.49. The minimum absolute atomic E-state index is 0.160. The number of rotatable bonds is 9. The summed E-state index contributed by atoms with van der Waals surface area (Å²) >= 11 is 0. The summed E-state index contributed by atoms with van der Waals surface area (Å²) in [6.07, 6.45) is 4.50. The number of hydrogen-bond donors (Lipinski definition) is 0. The summed E-state index contributed by atoms with van der Waals surface area (Å²) < 4.78 is 13.9. The van der Waals surface area contributed by atoms with E-state index >= 15 is 0 Å². The van der Waals surface area contributed by atoms with Gasteiger partial charge in [0.05, 0.1) is 12.5 Å². The van der Waals surface area contributed by atoms with E-state index in [0.717, 1.165) is 19.3 Å². The van der Waals surface area contributed by atoms with Crippen LogP contribution in [0.15, 0.2) is 0 Å². The number of carbonyl (C=O) groups is 2. The molecule has 18 heavy (non-hydrogen) atoms. The molecule has 0 aromatic carbocycles. The molecule has 0 aliphatic heterocycles. The fourth-order valence-corrected chi connectivity index (χ4v) is 1.43. The average Bonchev–Trinajstić information content (AvgIpc) is 2.34. The Morgan fingerprint density at radius 3 is 2.33 bits per heavy atom. The molecule has 106 valence electrons. The fourth-order valence-electron chi connectivity index (χ4n) is 1.43. The first-order valence-electron chi connectivity index (χ1n) is 6.58. The van der Waals surface area contributed by atoms with Crippen LogP contribution in [0.25, 0.3) is 0 Å². The van der Waals surface area contributed by atoms with Crippen LogP contribution in [-0.4, -0.2) is 25.5 Å². The highest BCUT2D eigenvalue weighted by molar-refractivity contribution is 5.72. The molecular formula is C13H24O5. The second kappa shape index (κ2) is 10.9. The lowest BCUT2D eigenvalue weighted by Crippen LogP contribution is -2.18. The van der Waals surface area contributed by atoms with Crippen LogP contribution in [-0.2, 0) is 19.0 Å². The lowest BCUT2D eigenvalue weighted by atomic mass is 10.0. The Hall–Kier alpha value is -1.26. The third-order valence-electron chi connectivity index (χ3n) is 2.53. The van der Waals surface area contributed by atoms with E-state index in [2.05, 4.69) is 16.4 Å². The standard InChI is InChI=1S/C13H24O5/c1-4-6-7-8-9-11(3)12(14)17-10-18-13(15)16-5-2/h11H,4-10H2,1-3H3. The van der Waals surface area contributed by atoms with Crippen molar-refractivity contribution in [2.24, 2.45) is 5.92 Å². The van der Waals surface area contributed by atoms with E-state index in [1.54, 1.807) is 6.92 Å². The van der Waals surface area contributed by atoms with Gasteiger partial charge in [0.2, 0.25) is 6.79 Å². The van der Waals surface area contributed by atoms with Crippen molar-refractivity contribution in [3.63, 3.8) is 0 Å². The van der Waals surface area contributed by atoms with E-state index in [0.29, 0.717) is 0 Å². The van der Waals surface area contributed by atoms with Gasteiger partial charge in [-0.1, -0.05) is 39.5 Å². The molecule has 0 N–H and O–H groups in total. The average molecular weight is 260 g/mol. The highest BCUT2D eigenvalue weighted by Gasteiger charge is 2.14. The van der Waals surface area contributed by atoms with Gasteiger partial charge in [-0.25, -0.2) is 4.79 Å². The van der Waals surface area contributed by atoms with Gasteiger partial charge in [-0.3, -0.25) is 4.79 Å². The Morgan fingerprint density at radius 2 is 1.72 bits per heavy atom. The molecule has 0 aliphatic rings. The van der Waals surface area contributed by atoms with Crippen LogP contribution in [0.4, 0.5) is 4.79 Å². The quantitative estimate of drug-likeness (QED) is 0.362. The Morgan fingerprint density at radius 1 is 1.00 bits per heavy atom. The molecule has 0 saturated heterocycles. The Bertz CT molecular complexity index is 240. The molecule has 1 atom stereocenters. The van der Waals surface area contributed by atoms with E-state index in [1.807, 2.05) is 6.92 Å². The molecule has 0 bridgehead atoms. The first-order valence-corrected chi connectivity index (χ1v) is 6.58. The molecule has 0 saturated carbocycles. The van der Waals surface area contributed by atoms with Crippen molar-refractivity contribution in [3.8, 4) is 0 Å². The molecule has 0 spiro atoms. The van der Waals surface area contributed by atoms with Crippen LogP contribution in [0, 0.1) is 5.92 Å². The summed E-state index contributed by atoms with van der Waals surface area (Å²) in [4.78, 5) is 22.3. The highest BCUT2D eigenvalue weighted by Crippen LogP contribution is 2.11. The minimum atomic E-state index is -0.819. The van der Waals surface area contributed by atoms with Gasteiger partial charge in [0.25, 0.3) is 0 Å². The SMILES string of the molecule is CCCCCCC(C)C(=O)OCOC(=O)OCC. The molecule has 0 aliphatic carbocycles. The van der Waals surface area contributed by atoms with Gasteiger partial charge < -0.3 is 14.2 Å². The van der Waals surface area contributed by atoms with Gasteiger partial charge in [-0.05, 0) is 13.3 Å². The van der Waals surface area contributed by atoms with Crippen molar-refractivity contribution in [1.29, 1.82) is 0 Å². The predicted molar refractivity (Wildman–Crippen MR) is 67.0 cm³/mol. The maximum Gasteiger partial charge on any atom is 0.511 e. The monoisotopic (exact) mass is 260 g/mol. The molecule has 0 rings (SSSR count). The number of carbonyl (C=O) groups excluding carboxylic acids is 2. The van der Waals surface area contributed by atoms with E-state index in [-0.39, 0.29) is 25.3 Å². The first kappa shape index (κ1) is 16.7. The molecule has 0 aromatic rings. The van der Waals surface area contributed by atoms with E-state index < -0.39 is 6.16 Å². The molecule has 0 fully saturated rings. The predicted octanol–water partition coefficient (Wildman–Crippen LogP) is 3.27. The number of unbranched alkanes of at least 4 members (excludes halogenated alkanes) is 3. The lowest BCUT2D eigenvalue weighted by Gasteiger charge is -2.11. The normalized spacial score (nSPS) is 11.7. The van der Waals surface area contributed by atoms with Crippen LogP contribution in [0.2, 0.25) is 0 Å². The van der Waals surface area contributed by atoms with Crippen molar-refractivity contribution in [3.05, 3.63) is 0 Å². The van der Waals surface area contributed by atoms with Crippen molar-refractivity contribution in [2.75, 3.05) is 13.4 Å². The third kappa shape index (κ3) is 8.84. The summed E-state index contributed by atoms with van der Waals surface area (Å²) in [6, 6.07) is 0. The van der Waals surface area contributed by atoms with E-state index in [9.17, 15) is 9.59 Å². The van der Waals surface area contributed by atoms with Crippen LogP contribution in [0.1, 0.15) is 52.9 Å². The third-order valence-corrected chi connectivity index (χ3v) is 2.53. The first-order chi connectivity index (χ1) is 8.61. The summed E-state index contributed by atoms with van der Waals surface area (Å²) in [5.41, 5.74) is 0. The van der Waals surface area contributed by atoms with Gasteiger partial charge >= 0.3 is 12.1 Å². The van der Waals surface area contributed by atoms with Crippen molar-refractivity contribution in [1.82, 2.24) is 0 Å². The van der Waals surface area contributed by atoms with Crippen LogP contribution in [0.3, 0.4) is 0 Å². The largest absolute Gasteiger partial charge is 0.511 e. The van der Waals surface area contributed by atoms with Gasteiger partial charge in [0, 0.05) is 0 Å². The molecule has 1 unspecified atom stereocenters. The second-order valence-corrected chi connectivity index (χ2v) is 4.16. The minimum Gasteiger partial charge on any atom is -0.435 e. The number of hydrogen-bond acceptors (Lipinski definition) is 5. The van der Waals surface area contributed by atoms with Crippen molar-refractivity contribution < 1.29 is 23.8 Å². The van der Waals surface area contributed by atoms with Crippen molar-refractivity contribution >= 4 is 12.1 Å². The van der Waals surface area contributed by atoms with Gasteiger partial charge in [-0.15, -0.1) is 0 Å². The van der Waals surface area contributed by atoms with Gasteiger partial charge in [0.15, 0.2) is 0 Å². The summed E-state index contributed by atoms with van der Waals surface area (Å²) in [7, 11) is 0. The summed E-state index contributed by atoms with van der Waals surface area (Å²) in [5.74, 6) is -0.497. The zero-order valence-corrected chi connectivity index (χ0v) is 11.6. The number of ether oxygens (including phenoxy) is 3. The zero-order chi connectivity index (χ0) is 13.8. The van der Waals surface area contributed by atoms with Gasteiger partial charge in [0.1, 0.15) is 0 Å². The summed E-state index contributed by atoms with van der Waals surface area (Å²) in [5, 5.41) is 0. The molecular weight excluding hydrogens is 236 g/mol. The van der Waals surface area contributed by atoms with E-state index in [1.165, 1.54) is 12.8 Å². The van der Waals surface area contributed by atoms with Crippen LogP contribution >= 0.6 is 0 Å². The molecule has 5 nitrogen and oxygen atoms in total. The Balaban J connectivity index is 3.58. The molecule has 0 heterocycles. The topological polar surface area (TPSA) is 61.8 Å². The second-order valence-electron chi connectivity index (χ2n) is 4.16. The maximum absolute atomic E-state index is 11.5.